The topological polar surface area (TPSA) is 49.4 Å². The molecule has 0 heterocycles. The van der Waals surface area contributed by atoms with Gasteiger partial charge in [0.2, 0.25) is 11.8 Å². The van der Waals surface area contributed by atoms with Crippen molar-refractivity contribution in [3.63, 3.8) is 0 Å². The number of hydrogen-bond donors (Lipinski definition) is 1. The van der Waals surface area contributed by atoms with Crippen LogP contribution in [0.25, 0.3) is 0 Å². The maximum absolute atomic E-state index is 13.2. The molecule has 0 radical (unpaired) electrons. The molecule has 0 aliphatic rings. The first-order valence-corrected chi connectivity index (χ1v) is 11.2. The van der Waals surface area contributed by atoms with E-state index in [1.54, 1.807) is 43.3 Å². The molecule has 0 fully saturated rings. The molecule has 8 heteroatoms. The fraction of sp³-hybridized carbons (Fsp3) is 0.364. The van der Waals surface area contributed by atoms with Crippen LogP contribution in [0.5, 0.6) is 0 Å². The number of nitrogens with one attached hydrogen (secondary N) is 1. The van der Waals surface area contributed by atoms with E-state index in [2.05, 4.69) is 5.32 Å². The van der Waals surface area contributed by atoms with E-state index >= 15 is 0 Å². The molecule has 30 heavy (non-hydrogen) atoms. The highest BCUT2D eigenvalue weighted by molar-refractivity contribution is 6.42. The van der Waals surface area contributed by atoms with Crippen molar-refractivity contribution in [1.29, 1.82) is 0 Å². The molecule has 0 aromatic heterocycles. The second-order valence-electron chi connectivity index (χ2n) is 6.97. The number of amides is 2. The van der Waals surface area contributed by atoms with Gasteiger partial charge in [0.05, 0.1) is 16.5 Å². The smallest absolute Gasteiger partial charge is 0.242 e. The highest BCUT2D eigenvalue weighted by Crippen LogP contribution is 2.27. The van der Waals surface area contributed by atoms with Gasteiger partial charge in [-0.15, -0.1) is 0 Å². The van der Waals surface area contributed by atoms with Crippen LogP contribution in [0.2, 0.25) is 20.1 Å². The van der Waals surface area contributed by atoms with Gasteiger partial charge in [0.1, 0.15) is 6.04 Å². The van der Waals surface area contributed by atoms with Crippen LogP contribution in [0.3, 0.4) is 0 Å². The number of rotatable bonds is 9. The third-order valence-electron chi connectivity index (χ3n) is 4.73. The summed E-state index contributed by atoms with van der Waals surface area (Å²) in [4.78, 5) is 27.3. The van der Waals surface area contributed by atoms with E-state index in [-0.39, 0.29) is 24.8 Å². The Morgan fingerprint density at radius 1 is 1.00 bits per heavy atom. The zero-order valence-electron chi connectivity index (χ0n) is 16.9. The number of nitrogens with zero attached hydrogens (tertiary/aromatic N) is 1. The number of hydrogen-bond acceptors (Lipinski definition) is 2. The van der Waals surface area contributed by atoms with Crippen molar-refractivity contribution in [3.8, 4) is 0 Å². The zero-order valence-corrected chi connectivity index (χ0v) is 19.9. The summed E-state index contributed by atoms with van der Waals surface area (Å²) in [5.74, 6) is -0.475. The lowest BCUT2D eigenvalue weighted by atomic mass is 10.1. The van der Waals surface area contributed by atoms with Crippen molar-refractivity contribution in [2.45, 2.75) is 45.7 Å². The molecular formula is C22H24Cl4N2O2. The lowest BCUT2D eigenvalue weighted by Gasteiger charge is -2.29. The molecule has 2 aromatic rings. The molecule has 2 rings (SSSR count). The Bertz CT molecular complexity index is 884. The maximum atomic E-state index is 13.2. The van der Waals surface area contributed by atoms with E-state index in [9.17, 15) is 9.59 Å². The summed E-state index contributed by atoms with van der Waals surface area (Å²) in [7, 11) is 0. The van der Waals surface area contributed by atoms with Gasteiger partial charge in [0, 0.05) is 28.7 Å². The van der Waals surface area contributed by atoms with Crippen LogP contribution in [0.1, 0.15) is 37.8 Å². The number of carbonyl (C=O) groups excluding carboxylic acids is 2. The minimum Gasteiger partial charge on any atom is -0.354 e. The second kappa shape index (κ2) is 11.8. The van der Waals surface area contributed by atoms with E-state index in [1.807, 2.05) is 6.92 Å². The maximum Gasteiger partial charge on any atom is 0.242 e. The van der Waals surface area contributed by atoms with E-state index in [0.717, 1.165) is 12.8 Å². The van der Waals surface area contributed by atoms with Gasteiger partial charge in [-0.2, -0.15) is 0 Å². The summed E-state index contributed by atoms with van der Waals surface area (Å²) in [6, 6.07) is 9.46. The molecule has 0 bridgehead atoms. The Hall–Kier alpha value is -1.46. The molecule has 0 unspecified atom stereocenters. The van der Waals surface area contributed by atoms with Crippen LogP contribution in [0.4, 0.5) is 0 Å². The van der Waals surface area contributed by atoms with Crippen molar-refractivity contribution in [1.82, 2.24) is 10.2 Å². The predicted octanol–water partition coefficient (Wildman–Crippen LogP) is 6.18. The van der Waals surface area contributed by atoms with Gasteiger partial charge in [-0.25, -0.2) is 0 Å². The highest BCUT2D eigenvalue weighted by atomic mass is 35.5. The molecule has 4 nitrogen and oxygen atoms in total. The lowest BCUT2D eigenvalue weighted by molar-refractivity contribution is -0.140. The van der Waals surface area contributed by atoms with Crippen molar-refractivity contribution in [2.24, 2.45) is 0 Å². The first-order valence-electron chi connectivity index (χ1n) is 9.68. The number of carbonyl (C=O) groups is 2. The van der Waals surface area contributed by atoms with Crippen LogP contribution in [0, 0.1) is 0 Å². The minimum atomic E-state index is -0.704. The average Bonchev–Trinajstić information content (AvgIpc) is 2.70. The SMILES string of the molecule is CCCCNC(=O)[C@@H](C)N(Cc1c(Cl)cccc1Cl)C(=O)Cc1ccc(Cl)c(Cl)c1. The first-order chi connectivity index (χ1) is 14.2. The Morgan fingerprint density at radius 2 is 1.67 bits per heavy atom. The van der Waals surface area contributed by atoms with Gasteiger partial charge in [0.15, 0.2) is 0 Å². The Labute approximate surface area is 197 Å². The molecule has 1 atom stereocenters. The molecular weight excluding hydrogens is 466 g/mol. The normalized spacial score (nSPS) is 11.8. The van der Waals surface area contributed by atoms with E-state index < -0.39 is 6.04 Å². The molecule has 2 amide bonds. The Kier molecular flexibility index (Phi) is 9.76. The van der Waals surface area contributed by atoms with Crippen LogP contribution in [-0.4, -0.2) is 29.3 Å². The summed E-state index contributed by atoms with van der Waals surface area (Å²) in [6.07, 6.45) is 1.89. The van der Waals surface area contributed by atoms with Crippen LogP contribution >= 0.6 is 46.4 Å². The fourth-order valence-electron chi connectivity index (χ4n) is 2.90. The molecule has 0 aliphatic heterocycles. The van der Waals surface area contributed by atoms with E-state index in [4.69, 9.17) is 46.4 Å². The first kappa shape index (κ1) is 24.8. The van der Waals surface area contributed by atoms with Crippen molar-refractivity contribution >= 4 is 58.2 Å². The largest absolute Gasteiger partial charge is 0.354 e. The van der Waals surface area contributed by atoms with Crippen LogP contribution < -0.4 is 5.32 Å². The lowest BCUT2D eigenvalue weighted by Crippen LogP contribution is -2.48. The fourth-order valence-corrected chi connectivity index (χ4v) is 3.74. The quantitative estimate of drug-likeness (QED) is 0.427. The zero-order chi connectivity index (χ0) is 22.3. The summed E-state index contributed by atoms with van der Waals surface area (Å²) in [5, 5.41) is 4.54. The van der Waals surface area contributed by atoms with Crippen molar-refractivity contribution < 1.29 is 9.59 Å². The number of halogens is 4. The second-order valence-corrected chi connectivity index (χ2v) is 8.60. The standard InChI is InChI=1S/C22H24Cl4N2O2/c1-3-4-10-27-22(30)14(2)28(13-16-17(23)6-5-7-18(16)24)21(29)12-15-8-9-19(25)20(26)11-15/h5-9,11,14H,3-4,10,12-13H2,1-2H3,(H,27,30)/t14-/m1/s1. The van der Waals surface area contributed by atoms with Gasteiger partial charge in [-0.05, 0) is 43.2 Å². The van der Waals surface area contributed by atoms with Gasteiger partial charge >= 0.3 is 0 Å². The summed E-state index contributed by atoms with van der Waals surface area (Å²) >= 11 is 24.7. The van der Waals surface area contributed by atoms with Crippen molar-refractivity contribution in [2.75, 3.05) is 6.54 Å². The van der Waals surface area contributed by atoms with Crippen LogP contribution in [-0.2, 0) is 22.6 Å². The number of unbranched alkanes of at least 4 members (excludes halogenated alkanes) is 1. The molecule has 0 saturated carbocycles. The third-order valence-corrected chi connectivity index (χ3v) is 6.17. The molecule has 1 N–H and O–H groups in total. The molecule has 0 spiro atoms. The summed E-state index contributed by atoms with van der Waals surface area (Å²) in [5.41, 5.74) is 1.29. The summed E-state index contributed by atoms with van der Waals surface area (Å²) < 4.78 is 0. The van der Waals surface area contributed by atoms with Gasteiger partial charge in [0.25, 0.3) is 0 Å². The van der Waals surface area contributed by atoms with E-state index in [1.165, 1.54) is 4.90 Å². The van der Waals surface area contributed by atoms with E-state index in [0.29, 0.717) is 37.8 Å². The predicted molar refractivity (Wildman–Crippen MR) is 125 cm³/mol. The van der Waals surface area contributed by atoms with Gasteiger partial charge in [-0.1, -0.05) is 71.9 Å². The monoisotopic (exact) mass is 488 g/mol. The van der Waals surface area contributed by atoms with Gasteiger partial charge in [-0.3, -0.25) is 9.59 Å². The Balaban J connectivity index is 2.28. The van der Waals surface area contributed by atoms with Crippen LogP contribution in [0.15, 0.2) is 36.4 Å². The molecule has 0 aliphatic carbocycles. The molecule has 0 saturated heterocycles. The summed E-state index contributed by atoms with van der Waals surface area (Å²) in [6.45, 7) is 4.41. The third kappa shape index (κ3) is 6.78. The molecule has 2 aromatic carbocycles. The van der Waals surface area contributed by atoms with Crippen molar-refractivity contribution in [3.05, 3.63) is 67.6 Å². The molecule has 162 valence electrons. The average molecular weight is 490 g/mol. The minimum absolute atomic E-state index is 0.0611. The highest BCUT2D eigenvalue weighted by Gasteiger charge is 2.27. The Morgan fingerprint density at radius 3 is 2.27 bits per heavy atom. The van der Waals surface area contributed by atoms with Gasteiger partial charge < -0.3 is 10.2 Å². The number of benzene rings is 2.